The Labute approximate surface area is 106 Å². The van der Waals surface area contributed by atoms with Crippen molar-refractivity contribution in [1.82, 2.24) is 10.2 Å². The molecule has 1 heterocycles. The van der Waals surface area contributed by atoms with Gasteiger partial charge in [-0.05, 0) is 12.3 Å². The smallest absolute Gasteiger partial charge is 0.252 e. The van der Waals surface area contributed by atoms with Crippen molar-refractivity contribution in [3.63, 3.8) is 0 Å². The molecule has 0 aliphatic rings. The Morgan fingerprint density at radius 1 is 1.41 bits per heavy atom. The average molecular weight is 257 g/mol. The summed E-state index contributed by atoms with van der Waals surface area (Å²) in [6.07, 6.45) is 0.853. The van der Waals surface area contributed by atoms with E-state index in [4.69, 9.17) is 4.74 Å². The van der Waals surface area contributed by atoms with Crippen LogP contribution >= 0.6 is 11.3 Å². The third kappa shape index (κ3) is 5.74. The predicted molar refractivity (Wildman–Crippen MR) is 68.2 cm³/mol. The highest BCUT2D eigenvalue weighted by molar-refractivity contribution is 7.15. The van der Waals surface area contributed by atoms with Gasteiger partial charge in [0.1, 0.15) is 11.6 Å². The molecular weight excluding hydrogens is 238 g/mol. The second-order valence-corrected chi connectivity index (χ2v) is 5.99. The molecule has 17 heavy (non-hydrogen) atoms. The lowest BCUT2D eigenvalue weighted by Crippen LogP contribution is -2.17. The van der Waals surface area contributed by atoms with Gasteiger partial charge in [0.2, 0.25) is 5.13 Å². The SMILES string of the molecule is CCOCC(=O)Nc1nnc(CC(C)(C)C)s1. The van der Waals surface area contributed by atoms with E-state index in [1.165, 1.54) is 11.3 Å². The van der Waals surface area contributed by atoms with Crippen LogP contribution in [0.2, 0.25) is 0 Å². The molecule has 0 atom stereocenters. The minimum Gasteiger partial charge on any atom is -0.372 e. The van der Waals surface area contributed by atoms with Gasteiger partial charge in [0, 0.05) is 13.0 Å². The number of ether oxygens (including phenoxy) is 1. The van der Waals surface area contributed by atoms with Crippen molar-refractivity contribution in [1.29, 1.82) is 0 Å². The summed E-state index contributed by atoms with van der Waals surface area (Å²) in [5.41, 5.74) is 0.173. The van der Waals surface area contributed by atoms with E-state index in [0.29, 0.717) is 11.7 Å². The summed E-state index contributed by atoms with van der Waals surface area (Å²) in [4.78, 5) is 11.4. The lowest BCUT2D eigenvalue weighted by Gasteiger charge is -2.14. The van der Waals surface area contributed by atoms with Crippen molar-refractivity contribution in [3.05, 3.63) is 5.01 Å². The normalized spacial score (nSPS) is 11.5. The Balaban J connectivity index is 2.48. The number of aromatic nitrogens is 2. The molecule has 96 valence electrons. The van der Waals surface area contributed by atoms with Gasteiger partial charge < -0.3 is 4.74 Å². The first-order valence-electron chi connectivity index (χ1n) is 5.60. The largest absolute Gasteiger partial charge is 0.372 e. The number of carbonyl (C=O) groups is 1. The van der Waals surface area contributed by atoms with Crippen molar-refractivity contribution in [3.8, 4) is 0 Å². The summed E-state index contributed by atoms with van der Waals surface area (Å²) in [7, 11) is 0. The molecule has 0 spiro atoms. The van der Waals surface area contributed by atoms with E-state index in [0.717, 1.165) is 11.4 Å². The number of hydrogen-bond acceptors (Lipinski definition) is 5. The Morgan fingerprint density at radius 3 is 2.71 bits per heavy atom. The van der Waals surface area contributed by atoms with Gasteiger partial charge in [-0.2, -0.15) is 0 Å². The van der Waals surface area contributed by atoms with Crippen LogP contribution in [0.15, 0.2) is 0 Å². The van der Waals surface area contributed by atoms with E-state index in [1.807, 2.05) is 6.92 Å². The maximum Gasteiger partial charge on any atom is 0.252 e. The lowest BCUT2D eigenvalue weighted by atomic mass is 9.93. The number of anilines is 1. The van der Waals surface area contributed by atoms with E-state index in [-0.39, 0.29) is 17.9 Å². The van der Waals surface area contributed by atoms with E-state index in [2.05, 4.69) is 36.3 Å². The van der Waals surface area contributed by atoms with Gasteiger partial charge in [0.15, 0.2) is 0 Å². The van der Waals surface area contributed by atoms with Crippen LogP contribution in [0.4, 0.5) is 5.13 Å². The summed E-state index contributed by atoms with van der Waals surface area (Å²) in [5.74, 6) is -0.190. The lowest BCUT2D eigenvalue weighted by molar-refractivity contribution is -0.120. The Bertz CT molecular complexity index is 371. The molecular formula is C11H19N3O2S. The van der Waals surface area contributed by atoms with Crippen LogP contribution < -0.4 is 5.32 Å². The van der Waals surface area contributed by atoms with Gasteiger partial charge in [-0.15, -0.1) is 10.2 Å². The highest BCUT2D eigenvalue weighted by Crippen LogP contribution is 2.24. The molecule has 0 saturated heterocycles. The van der Waals surface area contributed by atoms with E-state index in [9.17, 15) is 4.79 Å². The third-order valence-corrected chi connectivity index (χ3v) is 2.67. The van der Waals surface area contributed by atoms with E-state index >= 15 is 0 Å². The highest BCUT2D eigenvalue weighted by Gasteiger charge is 2.15. The molecule has 1 rings (SSSR count). The number of carbonyl (C=O) groups excluding carboxylic acids is 1. The average Bonchev–Trinajstić information content (AvgIpc) is 2.59. The quantitative estimate of drug-likeness (QED) is 0.877. The summed E-state index contributed by atoms with van der Waals surface area (Å²) in [5, 5.41) is 12.1. The standard InChI is InChI=1S/C11H19N3O2S/c1-5-16-7-8(15)12-10-14-13-9(17-10)6-11(2,3)4/h5-7H2,1-4H3,(H,12,14,15). The molecule has 6 heteroatoms. The Kier molecular flexibility index (Phi) is 5.02. The molecule has 1 aromatic rings. The fourth-order valence-corrected chi connectivity index (χ4v) is 2.24. The molecule has 0 aliphatic heterocycles. The Morgan fingerprint density at radius 2 is 2.12 bits per heavy atom. The van der Waals surface area contributed by atoms with E-state index < -0.39 is 0 Å². The zero-order valence-corrected chi connectivity index (χ0v) is 11.6. The summed E-state index contributed by atoms with van der Waals surface area (Å²) < 4.78 is 5.00. The van der Waals surface area contributed by atoms with Crippen LogP contribution in [-0.4, -0.2) is 29.3 Å². The van der Waals surface area contributed by atoms with Crippen LogP contribution in [-0.2, 0) is 16.0 Å². The fourth-order valence-electron chi connectivity index (χ4n) is 1.18. The molecule has 0 radical (unpaired) electrons. The third-order valence-electron chi connectivity index (χ3n) is 1.83. The second-order valence-electron chi connectivity index (χ2n) is 4.92. The highest BCUT2D eigenvalue weighted by atomic mass is 32.1. The second kappa shape index (κ2) is 6.07. The minimum atomic E-state index is -0.190. The van der Waals surface area contributed by atoms with Gasteiger partial charge in [0.25, 0.3) is 5.91 Å². The van der Waals surface area contributed by atoms with Crippen molar-refractivity contribution >= 4 is 22.4 Å². The fraction of sp³-hybridized carbons (Fsp3) is 0.727. The van der Waals surface area contributed by atoms with Crippen molar-refractivity contribution in [2.45, 2.75) is 34.1 Å². The molecule has 1 aromatic heterocycles. The topological polar surface area (TPSA) is 64.1 Å². The number of rotatable bonds is 5. The first-order valence-corrected chi connectivity index (χ1v) is 6.42. The van der Waals surface area contributed by atoms with Gasteiger partial charge in [0.05, 0.1) is 0 Å². The van der Waals surface area contributed by atoms with Crippen molar-refractivity contribution < 1.29 is 9.53 Å². The Hall–Kier alpha value is -1.01. The van der Waals surface area contributed by atoms with Gasteiger partial charge in [-0.1, -0.05) is 32.1 Å². The molecule has 0 aliphatic carbocycles. The zero-order valence-electron chi connectivity index (χ0n) is 10.7. The van der Waals surface area contributed by atoms with E-state index in [1.54, 1.807) is 0 Å². The summed E-state index contributed by atoms with van der Waals surface area (Å²) in [6.45, 7) is 8.86. The first kappa shape index (κ1) is 14.1. The first-order chi connectivity index (χ1) is 7.90. The predicted octanol–water partition coefficient (Wildman–Crippen LogP) is 2.10. The monoisotopic (exact) mass is 257 g/mol. The molecule has 0 fully saturated rings. The van der Waals surface area contributed by atoms with Crippen LogP contribution in [0, 0.1) is 5.41 Å². The number of nitrogens with zero attached hydrogens (tertiary/aromatic N) is 2. The molecule has 1 N–H and O–H groups in total. The van der Waals surface area contributed by atoms with Crippen molar-refractivity contribution in [2.75, 3.05) is 18.5 Å². The molecule has 0 saturated carbocycles. The van der Waals surface area contributed by atoms with Crippen molar-refractivity contribution in [2.24, 2.45) is 5.41 Å². The minimum absolute atomic E-state index is 0.0602. The van der Waals surface area contributed by atoms with Crippen LogP contribution in [0.3, 0.4) is 0 Å². The maximum atomic E-state index is 11.4. The summed E-state index contributed by atoms with van der Waals surface area (Å²) in [6, 6.07) is 0. The molecule has 5 nitrogen and oxygen atoms in total. The van der Waals surface area contributed by atoms with Crippen LogP contribution in [0.5, 0.6) is 0 Å². The molecule has 0 aromatic carbocycles. The maximum absolute atomic E-state index is 11.4. The van der Waals surface area contributed by atoms with Gasteiger partial charge in [-0.25, -0.2) is 0 Å². The molecule has 1 amide bonds. The number of amides is 1. The summed E-state index contributed by atoms with van der Waals surface area (Å²) >= 11 is 1.41. The molecule has 0 unspecified atom stereocenters. The number of nitrogens with one attached hydrogen (secondary N) is 1. The van der Waals surface area contributed by atoms with Gasteiger partial charge in [-0.3, -0.25) is 10.1 Å². The molecule has 0 bridgehead atoms. The number of hydrogen-bond donors (Lipinski definition) is 1. The van der Waals surface area contributed by atoms with Crippen LogP contribution in [0.25, 0.3) is 0 Å². The van der Waals surface area contributed by atoms with Gasteiger partial charge >= 0.3 is 0 Å². The van der Waals surface area contributed by atoms with Crippen LogP contribution in [0.1, 0.15) is 32.7 Å². The zero-order chi connectivity index (χ0) is 12.9.